The van der Waals surface area contributed by atoms with Gasteiger partial charge in [0.1, 0.15) is 5.56 Å². The highest BCUT2D eigenvalue weighted by Gasteiger charge is 2.17. The monoisotopic (exact) mass is 278 g/mol. The summed E-state index contributed by atoms with van der Waals surface area (Å²) in [6.45, 7) is 4.41. The number of carboxylic acid groups (broad SMARTS) is 1. The van der Waals surface area contributed by atoms with E-state index in [-0.39, 0.29) is 5.58 Å². The third-order valence-electron chi connectivity index (χ3n) is 2.64. The summed E-state index contributed by atoms with van der Waals surface area (Å²) in [5.41, 5.74) is -1.14. The number of carboxylic acids is 1. The van der Waals surface area contributed by atoms with Gasteiger partial charge in [0.05, 0.1) is 13.2 Å². The van der Waals surface area contributed by atoms with Crippen LogP contribution in [0.3, 0.4) is 0 Å². The maximum atomic E-state index is 11.7. The number of fused-ring (bicyclic) bond motifs is 1. The zero-order valence-corrected chi connectivity index (χ0v) is 11.1. The first kappa shape index (κ1) is 13.9. The van der Waals surface area contributed by atoms with Gasteiger partial charge in [0.15, 0.2) is 11.3 Å². The maximum Gasteiger partial charge on any atom is 0.351 e. The molecule has 2 rings (SSSR count). The van der Waals surface area contributed by atoms with Crippen molar-refractivity contribution in [2.45, 2.75) is 13.8 Å². The smallest absolute Gasteiger partial charge is 0.351 e. The molecule has 0 bridgehead atoms. The van der Waals surface area contributed by atoms with Crippen LogP contribution in [0.5, 0.6) is 11.5 Å². The van der Waals surface area contributed by atoms with Crippen LogP contribution < -0.4 is 15.1 Å². The van der Waals surface area contributed by atoms with Crippen molar-refractivity contribution in [3.8, 4) is 11.5 Å². The van der Waals surface area contributed by atoms with Crippen LogP contribution in [0.2, 0.25) is 0 Å². The Labute approximate surface area is 114 Å². The molecule has 0 spiro atoms. The van der Waals surface area contributed by atoms with Crippen molar-refractivity contribution in [2.24, 2.45) is 0 Å². The average molecular weight is 278 g/mol. The fraction of sp³-hybridized carbons (Fsp3) is 0.286. The van der Waals surface area contributed by atoms with Gasteiger partial charge < -0.3 is 19.0 Å². The Bertz CT molecular complexity index is 701. The van der Waals surface area contributed by atoms with Gasteiger partial charge in [-0.05, 0) is 32.0 Å². The minimum Gasteiger partial charge on any atom is -0.490 e. The van der Waals surface area contributed by atoms with Crippen LogP contribution in [-0.2, 0) is 0 Å². The van der Waals surface area contributed by atoms with E-state index in [1.807, 2.05) is 6.92 Å². The summed E-state index contributed by atoms with van der Waals surface area (Å²) >= 11 is 0. The number of hydrogen-bond donors (Lipinski definition) is 1. The Kier molecular flexibility index (Phi) is 3.93. The molecule has 0 aliphatic heterocycles. The van der Waals surface area contributed by atoms with Crippen molar-refractivity contribution in [3.05, 3.63) is 34.2 Å². The molecule has 1 N–H and O–H groups in total. The largest absolute Gasteiger partial charge is 0.490 e. The minimum absolute atomic E-state index is 0.188. The van der Waals surface area contributed by atoms with E-state index in [1.165, 1.54) is 6.07 Å². The highest BCUT2D eigenvalue weighted by molar-refractivity contribution is 5.93. The lowest BCUT2D eigenvalue weighted by Crippen LogP contribution is -2.13. The summed E-state index contributed by atoms with van der Waals surface area (Å²) in [7, 11) is 0. The predicted molar refractivity (Wildman–Crippen MR) is 71.8 cm³/mol. The molecule has 6 heteroatoms. The predicted octanol–water partition coefficient (Wildman–Crippen LogP) is 2.29. The summed E-state index contributed by atoms with van der Waals surface area (Å²) in [6.07, 6.45) is 0. The van der Waals surface area contributed by atoms with Crippen molar-refractivity contribution in [1.82, 2.24) is 0 Å². The molecule has 20 heavy (non-hydrogen) atoms. The summed E-state index contributed by atoms with van der Waals surface area (Å²) < 4.78 is 15.9. The van der Waals surface area contributed by atoms with Crippen LogP contribution in [0, 0.1) is 0 Å². The fourth-order valence-electron chi connectivity index (χ4n) is 1.84. The van der Waals surface area contributed by atoms with E-state index < -0.39 is 17.2 Å². The number of aromatic carboxylic acids is 1. The number of hydrogen-bond acceptors (Lipinski definition) is 5. The van der Waals surface area contributed by atoms with Gasteiger partial charge in [-0.15, -0.1) is 0 Å². The van der Waals surface area contributed by atoms with Gasteiger partial charge in [0, 0.05) is 5.39 Å². The maximum absolute atomic E-state index is 11.7. The van der Waals surface area contributed by atoms with Crippen LogP contribution in [0.15, 0.2) is 27.4 Å². The lowest BCUT2D eigenvalue weighted by Gasteiger charge is -2.12. The van der Waals surface area contributed by atoms with Crippen LogP contribution in [0.4, 0.5) is 0 Å². The molecular formula is C14H14O6. The first-order valence-electron chi connectivity index (χ1n) is 6.18. The molecule has 0 unspecified atom stereocenters. The molecule has 6 nitrogen and oxygen atoms in total. The first-order chi connectivity index (χ1) is 9.58. The van der Waals surface area contributed by atoms with Crippen molar-refractivity contribution >= 4 is 16.9 Å². The van der Waals surface area contributed by atoms with Crippen LogP contribution in [0.25, 0.3) is 11.0 Å². The lowest BCUT2D eigenvalue weighted by molar-refractivity contribution is 0.0692. The van der Waals surface area contributed by atoms with Gasteiger partial charge in [-0.2, -0.15) is 0 Å². The second-order valence-corrected chi connectivity index (χ2v) is 3.93. The summed E-state index contributed by atoms with van der Waals surface area (Å²) in [6, 6.07) is 4.54. The van der Waals surface area contributed by atoms with Crippen LogP contribution >= 0.6 is 0 Å². The topological polar surface area (TPSA) is 86.0 Å². The SMILES string of the molecule is CCOc1ccc2cc(C(=O)O)c(=O)oc2c1OCC. The molecular weight excluding hydrogens is 264 g/mol. The average Bonchev–Trinajstić information content (AvgIpc) is 2.41. The molecule has 0 fully saturated rings. The van der Waals surface area contributed by atoms with E-state index in [1.54, 1.807) is 19.1 Å². The fourth-order valence-corrected chi connectivity index (χ4v) is 1.84. The van der Waals surface area contributed by atoms with E-state index in [0.717, 1.165) is 0 Å². The van der Waals surface area contributed by atoms with Crippen molar-refractivity contribution in [1.29, 1.82) is 0 Å². The Morgan fingerprint density at radius 2 is 1.95 bits per heavy atom. The summed E-state index contributed by atoms with van der Waals surface area (Å²) in [5.74, 6) is -0.568. The first-order valence-corrected chi connectivity index (χ1v) is 6.18. The lowest BCUT2D eigenvalue weighted by atomic mass is 10.1. The standard InChI is InChI=1S/C14H14O6/c1-3-18-10-6-5-8-7-9(13(15)16)14(17)20-11(8)12(10)19-4-2/h5-7H,3-4H2,1-2H3,(H,15,16). The van der Waals surface area contributed by atoms with Crippen LogP contribution in [0.1, 0.15) is 24.2 Å². The number of ether oxygens (including phenoxy) is 2. The number of carbonyl (C=O) groups is 1. The van der Waals surface area contributed by atoms with Crippen molar-refractivity contribution in [3.63, 3.8) is 0 Å². The quantitative estimate of drug-likeness (QED) is 0.844. The highest BCUT2D eigenvalue weighted by atomic mass is 16.5. The van der Waals surface area contributed by atoms with Gasteiger partial charge in [-0.1, -0.05) is 0 Å². The normalized spacial score (nSPS) is 10.5. The molecule has 0 aliphatic carbocycles. The Balaban J connectivity index is 2.73. The van der Waals surface area contributed by atoms with E-state index in [2.05, 4.69) is 0 Å². The second kappa shape index (κ2) is 5.64. The minimum atomic E-state index is -1.33. The Morgan fingerprint density at radius 1 is 1.25 bits per heavy atom. The Hall–Kier alpha value is -2.50. The molecule has 1 aromatic carbocycles. The highest BCUT2D eigenvalue weighted by Crippen LogP contribution is 2.35. The molecule has 2 aromatic rings. The molecule has 0 radical (unpaired) electrons. The van der Waals surface area contributed by atoms with Crippen LogP contribution in [-0.4, -0.2) is 24.3 Å². The Morgan fingerprint density at radius 3 is 2.55 bits per heavy atom. The molecule has 106 valence electrons. The van der Waals surface area contributed by atoms with E-state index in [4.69, 9.17) is 19.0 Å². The summed E-state index contributed by atoms with van der Waals surface area (Å²) in [4.78, 5) is 22.6. The van der Waals surface area contributed by atoms with Gasteiger partial charge in [0.25, 0.3) is 0 Å². The third kappa shape index (κ3) is 2.45. The van der Waals surface area contributed by atoms with E-state index in [0.29, 0.717) is 30.1 Å². The third-order valence-corrected chi connectivity index (χ3v) is 2.64. The zero-order valence-electron chi connectivity index (χ0n) is 11.1. The molecule has 0 aliphatic rings. The van der Waals surface area contributed by atoms with Crippen molar-refractivity contribution < 1.29 is 23.8 Å². The summed E-state index contributed by atoms with van der Waals surface area (Å²) in [5, 5.41) is 9.39. The molecule has 1 aromatic heterocycles. The van der Waals surface area contributed by atoms with Gasteiger partial charge >= 0.3 is 11.6 Å². The molecule has 0 saturated heterocycles. The van der Waals surface area contributed by atoms with Gasteiger partial charge in [-0.25, -0.2) is 9.59 Å². The van der Waals surface area contributed by atoms with Crippen molar-refractivity contribution in [2.75, 3.05) is 13.2 Å². The van der Waals surface area contributed by atoms with Gasteiger partial charge in [-0.3, -0.25) is 0 Å². The molecule has 0 atom stereocenters. The van der Waals surface area contributed by atoms with E-state index in [9.17, 15) is 9.59 Å². The second-order valence-electron chi connectivity index (χ2n) is 3.93. The molecule has 0 saturated carbocycles. The van der Waals surface area contributed by atoms with Gasteiger partial charge in [0.2, 0.25) is 5.75 Å². The molecule has 1 heterocycles. The zero-order chi connectivity index (χ0) is 14.7. The number of benzene rings is 1. The molecule has 0 amide bonds. The van der Waals surface area contributed by atoms with E-state index >= 15 is 0 Å². The number of rotatable bonds is 5.